The van der Waals surface area contributed by atoms with Crippen LogP contribution in [0, 0.1) is 0 Å². The quantitative estimate of drug-likeness (QED) is 0.708. The monoisotopic (exact) mass is 348 g/mol. The third-order valence-corrected chi connectivity index (χ3v) is 4.45. The predicted molar refractivity (Wildman–Crippen MR) is 99.7 cm³/mol. The molecule has 5 nitrogen and oxygen atoms in total. The van der Waals surface area contributed by atoms with Crippen molar-refractivity contribution in [3.05, 3.63) is 60.0 Å². The van der Waals surface area contributed by atoms with Crippen LogP contribution in [0.5, 0.6) is 11.5 Å². The van der Waals surface area contributed by atoms with Crippen molar-refractivity contribution < 1.29 is 14.4 Å². The highest BCUT2D eigenvalue weighted by atomic mass is 16.5. The molecule has 0 unspecified atom stereocenters. The molecule has 1 aliphatic carbocycles. The van der Waals surface area contributed by atoms with Crippen molar-refractivity contribution in [1.29, 1.82) is 0 Å². The molecule has 132 valence electrons. The molecule has 0 radical (unpaired) electrons. The topological polar surface area (TPSA) is 68.4 Å². The van der Waals surface area contributed by atoms with E-state index in [4.69, 9.17) is 9.26 Å². The van der Waals surface area contributed by atoms with Crippen LogP contribution in [0.3, 0.4) is 0 Å². The van der Waals surface area contributed by atoms with Gasteiger partial charge in [-0.15, -0.1) is 0 Å². The second-order valence-electron chi connectivity index (χ2n) is 6.43. The summed E-state index contributed by atoms with van der Waals surface area (Å²) < 4.78 is 11.2. The number of benzene rings is 2. The van der Waals surface area contributed by atoms with Gasteiger partial charge in [0.15, 0.2) is 0 Å². The number of hydrogen-bond donors (Lipinski definition) is 1. The van der Waals surface area contributed by atoms with E-state index in [0.717, 1.165) is 29.7 Å². The molecule has 2 aromatic carbocycles. The van der Waals surface area contributed by atoms with Crippen LogP contribution in [0.15, 0.2) is 53.1 Å². The largest absolute Gasteiger partial charge is 0.508 e. The second-order valence-corrected chi connectivity index (χ2v) is 6.43. The summed E-state index contributed by atoms with van der Waals surface area (Å²) in [5.41, 5.74) is 1.74. The SMILES string of the molecule is Oc1cccc(/C=C/c2nc(-c3ccc(OC4CCCC4)cc3)no2)c1. The van der Waals surface area contributed by atoms with Gasteiger partial charge in [0.25, 0.3) is 5.89 Å². The Morgan fingerprint density at radius 2 is 1.85 bits per heavy atom. The molecular weight excluding hydrogens is 328 g/mol. The van der Waals surface area contributed by atoms with Gasteiger partial charge < -0.3 is 14.4 Å². The number of aromatic nitrogens is 2. The zero-order chi connectivity index (χ0) is 17.8. The molecule has 1 N–H and O–H groups in total. The highest BCUT2D eigenvalue weighted by Crippen LogP contribution is 2.26. The fourth-order valence-electron chi connectivity index (χ4n) is 3.10. The van der Waals surface area contributed by atoms with Crippen LogP contribution in [-0.4, -0.2) is 21.4 Å². The molecule has 1 aromatic heterocycles. The van der Waals surface area contributed by atoms with E-state index in [1.807, 2.05) is 36.4 Å². The molecule has 26 heavy (non-hydrogen) atoms. The number of rotatable bonds is 5. The molecule has 0 bridgehead atoms. The van der Waals surface area contributed by atoms with Crippen LogP contribution in [0.1, 0.15) is 37.1 Å². The summed E-state index contributed by atoms with van der Waals surface area (Å²) in [5.74, 6) is 2.05. The molecule has 1 aliphatic rings. The highest BCUT2D eigenvalue weighted by Gasteiger charge is 2.16. The Labute approximate surface area is 151 Å². The van der Waals surface area contributed by atoms with E-state index in [9.17, 15) is 5.11 Å². The predicted octanol–water partition coefficient (Wildman–Crippen LogP) is 4.93. The Kier molecular flexibility index (Phi) is 4.69. The molecule has 0 amide bonds. The summed E-state index contributed by atoms with van der Waals surface area (Å²) in [7, 11) is 0. The zero-order valence-corrected chi connectivity index (χ0v) is 14.3. The van der Waals surface area contributed by atoms with Gasteiger partial charge in [-0.25, -0.2) is 0 Å². The van der Waals surface area contributed by atoms with E-state index < -0.39 is 0 Å². The summed E-state index contributed by atoms with van der Waals surface area (Å²) in [4.78, 5) is 4.38. The molecule has 1 heterocycles. The van der Waals surface area contributed by atoms with Crippen LogP contribution in [0.25, 0.3) is 23.5 Å². The van der Waals surface area contributed by atoms with Gasteiger partial charge in [-0.3, -0.25) is 0 Å². The number of aromatic hydroxyl groups is 1. The Hall–Kier alpha value is -3.08. The minimum atomic E-state index is 0.221. The molecule has 1 fully saturated rings. The van der Waals surface area contributed by atoms with E-state index in [0.29, 0.717) is 17.8 Å². The molecule has 0 spiro atoms. The van der Waals surface area contributed by atoms with E-state index in [1.54, 1.807) is 24.3 Å². The Morgan fingerprint density at radius 3 is 2.62 bits per heavy atom. The first-order valence-electron chi connectivity index (χ1n) is 8.84. The third-order valence-electron chi connectivity index (χ3n) is 4.45. The maximum absolute atomic E-state index is 9.48. The first-order valence-corrected chi connectivity index (χ1v) is 8.84. The Balaban J connectivity index is 1.43. The molecule has 5 heteroatoms. The van der Waals surface area contributed by atoms with Crippen molar-refractivity contribution in [1.82, 2.24) is 10.1 Å². The molecule has 3 aromatic rings. The van der Waals surface area contributed by atoms with Gasteiger partial charge in [0.05, 0.1) is 6.10 Å². The first kappa shape index (κ1) is 16.4. The first-order chi connectivity index (χ1) is 12.8. The Bertz CT molecular complexity index is 894. The van der Waals surface area contributed by atoms with E-state index in [2.05, 4.69) is 10.1 Å². The van der Waals surface area contributed by atoms with Crippen LogP contribution >= 0.6 is 0 Å². The van der Waals surface area contributed by atoms with Crippen LogP contribution in [0.2, 0.25) is 0 Å². The maximum Gasteiger partial charge on any atom is 0.250 e. The van der Waals surface area contributed by atoms with Crippen molar-refractivity contribution in [3.8, 4) is 22.9 Å². The fraction of sp³-hybridized carbons (Fsp3) is 0.238. The lowest BCUT2D eigenvalue weighted by molar-refractivity contribution is 0.210. The van der Waals surface area contributed by atoms with Gasteiger partial charge in [-0.05, 0) is 73.7 Å². The summed E-state index contributed by atoms with van der Waals surface area (Å²) in [6.45, 7) is 0. The van der Waals surface area contributed by atoms with Crippen molar-refractivity contribution in [2.75, 3.05) is 0 Å². The molecule has 0 atom stereocenters. The number of nitrogens with zero attached hydrogens (tertiary/aromatic N) is 2. The molecular formula is C21H20N2O3. The van der Waals surface area contributed by atoms with E-state index in [1.165, 1.54) is 12.8 Å². The molecule has 1 saturated carbocycles. The van der Waals surface area contributed by atoms with Crippen molar-refractivity contribution in [2.24, 2.45) is 0 Å². The van der Waals surface area contributed by atoms with Gasteiger partial charge in [-0.1, -0.05) is 17.3 Å². The molecule has 0 aliphatic heterocycles. The van der Waals surface area contributed by atoms with Crippen molar-refractivity contribution in [2.45, 2.75) is 31.8 Å². The average molecular weight is 348 g/mol. The van der Waals surface area contributed by atoms with Crippen LogP contribution in [0.4, 0.5) is 0 Å². The fourth-order valence-corrected chi connectivity index (χ4v) is 3.10. The third kappa shape index (κ3) is 3.94. The Morgan fingerprint density at radius 1 is 1.04 bits per heavy atom. The minimum absolute atomic E-state index is 0.221. The van der Waals surface area contributed by atoms with Gasteiger partial charge in [-0.2, -0.15) is 4.98 Å². The number of hydrogen-bond acceptors (Lipinski definition) is 5. The second kappa shape index (κ2) is 7.44. The van der Waals surface area contributed by atoms with Gasteiger partial charge in [0, 0.05) is 11.6 Å². The van der Waals surface area contributed by atoms with Crippen molar-refractivity contribution >= 4 is 12.2 Å². The van der Waals surface area contributed by atoms with Gasteiger partial charge in [0.1, 0.15) is 11.5 Å². The van der Waals surface area contributed by atoms with Gasteiger partial charge >= 0.3 is 0 Å². The van der Waals surface area contributed by atoms with E-state index in [-0.39, 0.29) is 5.75 Å². The molecule has 4 rings (SSSR count). The summed E-state index contributed by atoms with van der Waals surface area (Å²) in [5, 5.41) is 13.5. The summed E-state index contributed by atoms with van der Waals surface area (Å²) in [6, 6.07) is 14.7. The average Bonchev–Trinajstić information content (AvgIpc) is 3.33. The summed E-state index contributed by atoms with van der Waals surface area (Å²) in [6.07, 6.45) is 8.68. The highest BCUT2D eigenvalue weighted by molar-refractivity contribution is 5.67. The number of ether oxygens (including phenoxy) is 1. The minimum Gasteiger partial charge on any atom is -0.508 e. The van der Waals surface area contributed by atoms with Crippen LogP contribution in [-0.2, 0) is 0 Å². The summed E-state index contributed by atoms with van der Waals surface area (Å²) >= 11 is 0. The van der Waals surface area contributed by atoms with Crippen molar-refractivity contribution in [3.63, 3.8) is 0 Å². The lowest BCUT2D eigenvalue weighted by atomic mass is 10.2. The zero-order valence-electron chi connectivity index (χ0n) is 14.3. The van der Waals surface area contributed by atoms with Crippen LogP contribution < -0.4 is 4.74 Å². The standard InChI is InChI=1S/C21H20N2O3/c24-17-5-3-4-15(14-17)8-13-20-22-21(23-26-20)16-9-11-19(12-10-16)25-18-6-1-2-7-18/h3-5,8-14,18,24H,1-2,6-7H2/b13-8+. The lowest BCUT2D eigenvalue weighted by Gasteiger charge is -2.12. The number of phenols is 1. The normalized spacial score (nSPS) is 14.9. The molecule has 0 saturated heterocycles. The smallest absolute Gasteiger partial charge is 0.250 e. The lowest BCUT2D eigenvalue weighted by Crippen LogP contribution is -2.10. The van der Waals surface area contributed by atoms with Gasteiger partial charge in [0.2, 0.25) is 5.82 Å². The van der Waals surface area contributed by atoms with E-state index >= 15 is 0 Å². The maximum atomic E-state index is 9.48. The number of phenolic OH excluding ortho intramolecular Hbond substituents is 1.